The Morgan fingerprint density at radius 2 is 1.90 bits per heavy atom. The number of hydrogen-bond donors (Lipinski definition) is 2. The van der Waals surface area contributed by atoms with Gasteiger partial charge in [-0.15, -0.1) is 0 Å². The molecular formula is C16H22N2O2. The van der Waals surface area contributed by atoms with Gasteiger partial charge < -0.3 is 15.7 Å². The molecule has 1 heterocycles. The van der Waals surface area contributed by atoms with Crippen molar-refractivity contribution in [2.75, 3.05) is 18.8 Å². The fourth-order valence-corrected chi connectivity index (χ4v) is 3.29. The van der Waals surface area contributed by atoms with E-state index in [-0.39, 0.29) is 11.3 Å². The maximum Gasteiger partial charge on any atom is 0.233 e. The largest absolute Gasteiger partial charge is 0.399 e. The summed E-state index contributed by atoms with van der Waals surface area (Å²) in [4.78, 5) is 14.5. The molecule has 0 bridgehead atoms. The highest BCUT2D eigenvalue weighted by atomic mass is 16.3. The lowest BCUT2D eigenvalue weighted by molar-refractivity contribution is -0.159. The molecular weight excluding hydrogens is 252 g/mol. The highest BCUT2D eigenvalue weighted by molar-refractivity contribution is 5.92. The van der Waals surface area contributed by atoms with Crippen LogP contribution in [0, 0.1) is 0 Å². The molecule has 20 heavy (non-hydrogen) atoms. The Morgan fingerprint density at radius 3 is 2.40 bits per heavy atom. The van der Waals surface area contributed by atoms with Crippen molar-refractivity contribution in [2.24, 2.45) is 0 Å². The summed E-state index contributed by atoms with van der Waals surface area (Å²) in [5.74, 6) is 0.169. The van der Waals surface area contributed by atoms with Crippen LogP contribution in [0.15, 0.2) is 24.3 Å². The lowest BCUT2D eigenvalue weighted by Crippen LogP contribution is -2.65. The van der Waals surface area contributed by atoms with Crippen LogP contribution in [0.2, 0.25) is 0 Å². The zero-order chi connectivity index (χ0) is 14.4. The second kappa shape index (κ2) is 4.48. The highest BCUT2D eigenvalue weighted by Gasteiger charge is 2.56. The van der Waals surface area contributed by atoms with E-state index in [1.807, 2.05) is 24.3 Å². The summed E-state index contributed by atoms with van der Waals surface area (Å²) in [6.45, 7) is 3.02. The molecule has 0 unspecified atom stereocenters. The van der Waals surface area contributed by atoms with E-state index in [0.29, 0.717) is 13.1 Å². The number of carbonyl (C=O) groups excluding carboxylic acids is 1. The van der Waals surface area contributed by atoms with Crippen molar-refractivity contribution in [1.29, 1.82) is 0 Å². The highest BCUT2D eigenvalue weighted by Crippen LogP contribution is 2.50. The minimum absolute atomic E-state index is 0.169. The van der Waals surface area contributed by atoms with E-state index in [4.69, 9.17) is 5.73 Å². The number of hydrogen-bond acceptors (Lipinski definition) is 3. The van der Waals surface area contributed by atoms with Crippen LogP contribution < -0.4 is 5.73 Å². The van der Waals surface area contributed by atoms with E-state index in [9.17, 15) is 9.90 Å². The molecule has 1 aliphatic carbocycles. The van der Waals surface area contributed by atoms with E-state index < -0.39 is 5.60 Å². The second-order valence-corrected chi connectivity index (χ2v) is 6.34. The first kappa shape index (κ1) is 13.4. The van der Waals surface area contributed by atoms with E-state index in [0.717, 1.165) is 36.9 Å². The Morgan fingerprint density at radius 1 is 1.30 bits per heavy atom. The molecule has 1 aliphatic heterocycles. The van der Waals surface area contributed by atoms with Crippen LogP contribution in [0.5, 0.6) is 0 Å². The summed E-state index contributed by atoms with van der Waals surface area (Å²) in [5.41, 5.74) is 6.49. The third-order valence-corrected chi connectivity index (χ3v) is 4.60. The van der Waals surface area contributed by atoms with Crippen molar-refractivity contribution in [3.8, 4) is 0 Å². The molecule has 4 heteroatoms. The Labute approximate surface area is 119 Å². The van der Waals surface area contributed by atoms with Crippen molar-refractivity contribution in [3.05, 3.63) is 29.8 Å². The predicted molar refractivity (Wildman–Crippen MR) is 78.2 cm³/mol. The zero-order valence-electron chi connectivity index (χ0n) is 11.9. The molecule has 2 aliphatic rings. The molecule has 2 fully saturated rings. The average Bonchev–Trinajstić information content (AvgIpc) is 3.17. The number of aliphatic hydroxyl groups is 1. The molecule has 0 spiro atoms. The molecule has 0 radical (unpaired) electrons. The molecule has 1 aromatic carbocycles. The van der Waals surface area contributed by atoms with Crippen LogP contribution >= 0.6 is 0 Å². The van der Waals surface area contributed by atoms with Crippen LogP contribution in [-0.2, 0) is 10.2 Å². The maximum absolute atomic E-state index is 12.7. The summed E-state index contributed by atoms with van der Waals surface area (Å²) in [7, 11) is 0. The van der Waals surface area contributed by atoms with E-state index >= 15 is 0 Å². The van der Waals surface area contributed by atoms with Crippen LogP contribution in [0.1, 0.15) is 38.2 Å². The standard InChI is InChI=1S/C16H22N2O2/c1-2-7-15(20)10-18(11-15)14(19)16(8-9-16)12-3-5-13(17)6-4-12/h3-6,20H,2,7-11,17H2,1H3. The van der Waals surface area contributed by atoms with Crippen LogP contribution in [0.4, 0.5) is 5.69 Å². The van der Waals surface area contributed by atoms with Crippen LogP contribution in [0.25, 0.3) is 0 Å². The number of likely N-dealkylation sites (tertiary alicyclic amines) is 1. The third kappa shape index (κ3) is 2.08. The molecule has 108 valence electrons. The number of amides is 1. The Bertz CT molecular complexity index is 514. The number of nitrogens with two attached hydrogens (primary N) is 1. The number of carbonyl (C=O) groups is 1. The lowest BCUT2D eigenvalue weighted by Gasteiger charge is -2.48. The first-order chi connectivity index (χ1) is 9.49. The van der Waals surface area contributed by atoms with E-state index in [1.165, 1.54) is 0 Å². The van der Waals surface area contributed by atoms with Gasteiger partial charge in [0, 0.05) is 5.69 Å². The fraction of sp³-hybridized carbons (Fsp3) is 0.562. The monoisotopic (exact) mass is 274 g/mol. The van der Waals surface area contributed by atoms with Gasteiger partial charge in [0.25, 0.3) is 0 Å². The quantitative estimate of drug-likeness (QED) is 0.821. The van der Waals surface area contributed by atoms with Gasteiger partial charge >= 0.3 is 0 Å². The van der Waals surface area contributed by atoms with Crippen LogP contribution in [-0.4, -0.2) is 34.6 Å². The second-order valence-electron chi connectivity index (χ2n) is 6.34. The molecule has 1 aromatic rings. The number of benzene rings is 1. The Kier molecular flexibility index (Phi) is 3.01. The molecule has 0 atom stereocenters. The Hall–Kier alpha value is -1.55. The average molecular weight is 274 g/mol. The number of anilines is 1. The number of nitrogens with zero attached hydrogens (tertiary/aromatic N) is 1. The summed E-state index contributed by atoms with van der Waals surface area (Å²) in [5, 5.41) is 10.2. The molecule has 3 rings (SSSR count). The van der Waals surface area contributed by atoms with Crippen LogP contribution in [0.3, 0.4) is 0 Å². The van der Waals surface area contributed by atoms with Gasteiger partial charge in [-0.1, -0.05) is 25.5 Å². The lowest BCUT2D eigenvalue weighted by atomic mass is 9.86. The normalized spacial score (nSPS) is 22.2. The van der Waals surface area contributed by atoms with Crippen molar-refractivity contribution >= 4 is 11.6 Å². The molecule has 1 saturated heterocycles. The number of β-amino-alcohol motifs (C(OH)–C–C–N with tert-alkyl or cyclic N) is 1. The van der Waals surface area contributed by atoms with Gasteiger partial charge in [-0.3, -0.25) is 4.79 Å². The fourth-order valence-electron chi connectivity index (χ4n) is 3.29. The molecule has 4 nitrogen and oxygen atoms in total. The number of rotatable bonds is 4. The van der Waals surface area contributed by atoms with E-state index in [1.54, 1.807) is 4.90 Å². The van der Waals surface area contributed by atoms with Crippen molar-refractivity contribution in [2.45, 2.75) is 43.6 Å². The first-order valence-corrected chi connectivity index (χ1v) is 7.37. The van der Waals surface area contributed by atoms with Gasteiger partial charge in [0.2, 0.25) is 5.91 Å². The molecule has 0 aromatic heterocycles. The summed E-state index contributed by atoms with van der Waals surface area (Å²) < 4.78 is 0. The topological polar surface area (TPSA) is 66.6 Å². The summed E-state index contributed by atoms with van der Waals surface area (Å²) >= 11 is 0. The number of nitrogen functional groups attached to an aromatic ring is 1. The maximum atomic E-state index is 12.7. The minimum Gasteiger partial charge on any atom is -0.399 e. The van der Waals surface area contributed by atoms with Gasteiger partial charge in [0.1, 0.15) is 0 Å². The van der Waals surface area contributed by atoms with Gasteiger partial charge in [-0.25, -0.2) is 0 Å². The van der Waals surface area contributed by atoms with Crippen molar-refractivity contribution in [1.82, 2.24) is 4.90 Å². The van der Waals surface area contributed by atoms with Gasteiger partial charge in [-0.05, 0) is 37.0 Å². The van der Waals surface area contributed by atoms with Gasteiger partial charge in [0.15, 0.2) is 0 Å². The van der Waals surface area contributed by atoms with E-state index in [2.05, 4.69) is 6.92 Å². The predicted octanol–water partition coefficient (Wildman–Crippen LogP) is 1.67. The molecule has 1 saturated carbocycles. The first-order valence-electron chi connectivity index (χ1n) is 7.37. The van der Waals surface area contributed by atoms with Gasteiger partial charge in [0.05, 0.1) is 24.1 Å². The third-order valence-electron chi connectivity index (χ3n) is 4.60. The molecule has 1 amide bonds. The smallest absolute Gasteiger partial charge is 0.233 e. The Balaban J connectivity index is 1.71. The molecule has 3 N–H and O–H groups in total. The van der Waals surface area contributed by atoms with Crippen molar-refractivity contribution in [3.63, 3.8) is 0 Å². The zero-order valence-corrected chi connectivity index (χ0v) is 11.9. The van der Waals surface area contributed by atoms with Crippen molar-refractivity contribution < 1.29 is 9.90 Å². The SMILES string of the molecule is CCCC1(O)CN(C(=O)C2(c3ccc(N)cc3)CC2)C1. The van der Waals surface area contributed by atoms with Gasteiger partial charge in [-0.2, -0.15) is 0 Å². The minimum atomic E-state index is -0.651. The summed E-state index contributed by atoms with van der Waals surface area (Å²) in [6.07, 6.45) is 3.52. The summed E-state index contributed by atoms with van der Waals surface area (Å²) in [6, 6.07) is 7.62.